The van der Waals surface area contributed by atoms with Crippen molar-refractivity contribution < 1.29 is 33.3 Å². The van der Waals surface area contributed by atoms with Crippen LogP contribution in [0.3, 0.4) is 0 Å². The summed E-state index contributed by atoms with van der Waals surface area (Å²) >= 11 is 0. The van der Waals surface area contributed by atoms with Crippen molar-refractivity contribution in [2.24, 2.45) is 5.92 Å². The van der Waals surface area contributed by atoms with Gasteiger partial charge in [0.05, 0.1) is 18.2 Å². The number of carbonyl (C=O) groups is 3. The van der Waals surface area contributed by atoms with Gasteiger partial charge in [-0.05, 0) is 50.8 Å². The molecular formula is C21H29NO7. The molecule has 1 aromatic rings. The molecule has 0 N–H and O–H groups in total. The number of hydrogen-bond acceptors (Lipinski definition) is 7. The molecule has 2 rings (SSSR count). The first-order chi connectivity index (χ1) is 13.6. The van der Waals surface area contributed by atoms with Gasteiger partial charge in [0.2, 0.25) is 6.79 Å². The summed E-state index contributed by atoms with van der Waals surface area (Å²) in [5.74, 6) is -0.149. The van der Waals surface area contributed by atoms with Gasteiger partial charge in [-0.15, -0.1) is 0 Å². The minimum absolute atomic E-state index is 0.0221. The Hall–Kier alpha value is -2.77. The molecule has 1 heterocycles. The first kappa shape index (κ1) is 22.5. The second-order valence-electron chi connectivity index (χ2n) is 7.65. The van der Waals surface area contributed by atoms with E-state index in [0.717, 1.165) is 11.1 Å². The van der Waals surface area contributed by atoms with Crippen LogP contribution in [0, 0.1) is 19.8 Å². The molecule has 0 aliphatic carbocycles. The van der Waals surface area contributed by atoms with E-state index in [2.05, 4.69) is 4.74 Å². The van der Waals surface area contributed by atoms with Gasteiger partial charge in [0.15, 0.2) is 6.10 Å². The SMILES string of the molecule is Cc1cc(C)c2c(c1)N(CCC(=O)OCOC(=O)OC(C)C)C(=O)C(C(C)C)O2. The molecule has 1 aliphatic heterocycles. The van der Waals surface area contributed by atoms with Crippen molar-refractivity contribution in [2.75, 3.05) is 18.2 Å². The van der Waals surface area contributed by atoms with Gasteiger partial charge in [0.1, 0.15) is 5.75 Å². The summed E-state index contributed by atoms with van der Waals surface area (Å²) in [6, 6.07) is 3.86. The fourth-order valence-electron chi connectivity index (χ4n) is 3.03. The van der Waals surface area contributed by atoms with E-state index in [9.17, 15) is 14.4 Å². The van der Waals surface area contributed by atoms with E-state index in [-0.39, 0.29) is 30.9 Å². The topological polar surface area (TPSA) is 91.4 Å². The summed E-state index contributed by atoms with van der Waals surface area (Å²) in [7, 11) is 0. The average Bonchev–Trinajstić information content (AvgIpc) is 2.59. The molecule has 8 nitrogen and oxygen atoms in total. The lowest BCUT2D eigenvalue weighted by Crippen LogP contribution is -2.49. The zero-order chi connectivity index (χ0) is 21.7. The predicted molar refractivity (Wildman–Crippen MR) is 106 cm³/mol. The molecule has 1 aromatic carbocycles. The summed E-state index contributed by atoms with van der Waals surface area (Å²) in [4.78, 5) is 37.8. The Morgan fingerprint density at radius 1 is 1.14 bits per heavy atom. The van der Waals surface area contributed by atoms with Crippen molar-refractivity contribution in [1.82, 2.24) is 0 Å². The third kappa shape index (κ3) is 5.85. The standard InChI is InChI=1S/C21H29NO7/c1-12(2)18-20(24)22(16-10-14(5)9-15(6)19(16)29-18)8-7-17(23)26-11-27-21(25)28-13(3)4/h9-10,12-13,18H,7-8,11H2,1-6H3. The molecule has 0 saturated carbocycles. The number of nitrogens with zero attached hydrogens (tertiary/aromatic N) is 1. The van der Waals surface area contributed by atoms with Crippen LogP contribution in [-0.2, 0) is 23.8 Å². The fourth-order valence-corrected chi connectivity index (χ4v) is 3.03. The third-order valence-electron chi connectivity index (χ3n) is 4.32. The van der Waals surface area contributed by atoms with Crippen LogP contribution in [0.15, 0.2) is 12.1 Å². The number of anilines is 1. The minimum atomic E-state index is -0.907. The van der Waals surface area contributed by atoms with Crippen molar-refractivity contribution in [2.45, 2.75) is 60.2 Å². The van der Waals surface area contributed by atoms with Gasteiger partial charge < -0.3 is 23.8 Å². The Balaban J connectivity index is 2.02. The van der Waals surface area contributed by atoms with Crippen LogP contribution >= 0.6 is 0 Å². The lowest BCUT2D eigenvalue weighted by Gasteiger charge is -2.37. The molecule has 160 valence electrons. The molecule has 1 unspecified atom stereocenters. The number of ether oxygens (including phenoxy) is 4. The van der Waals surface area contributed by atoms with Crippen molar-refractivity contribution in [1.29, 1.82) is 0 Å². The van der Waals surface area contributed by atoms with Crippen LogP contribution in [0.1, 0.15) is 45.2 Å². The van der Waals surface area contributed by atoms with Crippen LogP contribution in [0.5, 0.6) is 5.75 Å². The van der Waals surface area contributed by atoms with Crippen LogP contribution in [0.4, 0.5) is 10.5 Å². The molecule has 0 saturated heterocycles. The van der Waals surface area contributed by atoms with E-state index in [0.29, 0.717) is 11.4 Å². The van der Waals surface area contributed by atoms with Gasteiger partial charge in [-0.3, -0.25) is 9.59 Å². The van der Waals surface area contributed by atoms with Gasteiger partial charge in [0.25, 0.3) is 5.91 Å². The fraction of sp³-hybridized carbons (Fsp3) is 0.571. The summed E-state index contributed by atoms with van der Waals surface area (Å²) in [6.45, 7) is 10.7. The number of aryl methyl sites for hydroxylation is 2. The van der Waals surface area contributed by atoms with Crippen LogP contribution in [-0.4, -0.2) is 43.6 Å². The zero-order valence-corrected chi connectivity index (χ0v) is 17.8. The smallest absolute Gasteiger partial charge is 0.478 e. The Bertz CT molecular complexity index is 773. The average molecular weight is 407 g/mol. The highest BCUT2D eigenvalue weighted by Gasteiger charge is 2.37. The number of benzene rings is 1. The molecule has 0 aromatic heterocycles. The first-order valence-corrected chi connectivity index (χ1v) is 9.68. The maximum atomic E-state index is 12.9. The molecule has 8 heteroatoms. The highest BCUT2D eigenvalue weighted by Crippen LogP contribution is 2.39. The largest absolute Gasteiger partial charge is 0.511 e. The highest BCUT2D eigenvalue weighted by molar-refractivity contribution is 6.01. The summed E-state index contributed by atoms with van der Waals surface area (Å²) in [5.41, 5.74) is 2.57. The summed E-state index contributed by atoms with van der Waals surface area (Å²) in [5, 5.41) is 0. The van der Waals surface area contributed by atoms with E-state index in [1.807, 2.05) is 39.8 Å². The molecule has 0 bridgehead atoms. The van der Waals surface area contributed by atoms with Crippen molar-refractivity contribution >= 4 is 23.7 Å². The predicted octanol–water partition coefficient (Wildman–Crippen LogP) is 3.51. The van der Waals surface area contributed by atoms with Gasteiger partial charge in [-0.2, -0.15) is 0 Å². The number of rotatable bonds is 7. The van der Waals surface area contributed by atoms with E-state index in [1.54, 1.807) is 18.7 Å². The van der Waals surface area contributed by atoms with Crippen molar-refractivity contribution in [3.8, 4) is 5.75 Å². The first-order valence-electron chi connectivity index (χ1n) is 9.68. The van der Waals surface area contributed by atoms with Gasteiger partial charge in [0, 0.05) is 6.54 Å². The molecule has 0 radical (unpaired) electrons. The molecule has 0 fully saturated rings. The van der Waals surface area contributed by atoms with Gasteiger partial charge in [-0.25, -0.2) is 4.79 Å². The third-order valence-corrected chi connectivity index (χ3v) is 4.32. The molecule has 1 amide bonds. The van der Waals surface area contributed by atoms with Crippen LogP contribution in [0.2, 0.25) is 0 Å². The zero-order valence-electron chi connectivity index (χ0n) is 17.8. The van der Waals surface area contributed by atoms with E-state index >= 15 is 0 Å². The molecule has 0 spiro atoms. The second kappa shape index (κ2) is 9.62. The number of fused-ring (bicyclic) bond motifs is 1. The molecule has 1 aliphatic rings. The van der Waals surface area contributed by atoms with Crippen molar-refractivity contribution in [3.05, 3.63) is 23.3 Å². The normalized spacial score (nSPS) is 15.8. The summed E-state index contributed by atoms with van der Waals surface area (Å²) < 4.78 is 20.3. The number of amides is 1. The van der Waals surface area contributed by atoms with Gasteiger partial charge >= 0.3 is 12.1 Å². The Morgan fingerprint density at radius 3 is 2.45 bits per heavy atom. The molecule has 1 atom stereocenters. The van der Waals surface area contributed by atoms with Crippen molar-refractivity contribution in [3.63, 3.8) is 0 Å². The number of esters is 1. The second-order valence-corrected chi connectivity index (χ2v) is 7.65. The van der Waals surface area contributed by atoms with E-state index in [1.165, 1.54) is 0 Å². The molecular weight excluding hydrogens is 378 g/mol. The maximum absolute atomic E-state index is 12.9. The Labute approximate surface area is 171 Å². The number of hydrogen-bond donors (Lipinski definition) is 0. The van der Waals surface area contributed by atoms with Gasteiger partial charge in [-0.1, -0.05) is 19.9 Å². The highest BCUT2D eigenvalue weighted by atomic mass is 16.8. The number of carbonyl (C=O) groups excluding carboxylic acids is 3. The Kier molecular flexibility index (Phi) is 7.47. The van der Waals surface area contributed by atoms with E-state index < -0.39 is 25.0 Å². The maximum Gasteiger partial charge on any atom is 0.511 e. The van der Waals surface area contributed by atoms with Crippen LogP contribution in [0.25, 0.3) is 0 Å². The summed E-state index contributed by atoms with van der Waals surface area (Å²) in [6.07, 6.45) is -1.90. The lowest BCUT2D eigenvalue weighted by atomic mass is 10.0. The Morgan fingerprint density at radius 2 is 1.83 bits per heavy atom. The quantitative estimate of drug-likeness (QED) is 0.504. The monoisotopic (exact) mass is 407 g/mol. The minimum Gasteiger partial charge on any atom is -0.478 e. The van der Waals surface area contributed by atoms with E-state index in [4.69, 9.17) is 14.2 Å². The molecule has 29 heavy (non-hydrogen) atoms. The lowest BCUT2D eigenvalue weighted by molar-refractivity contribution is -0.153. The van der Waals surface area contributed by atoms with Crippen LogP contribution < -0.4 is 9.64 Å².